The maximum atomic E-state index is 10.8. The van der Waals surface area contributed by atoms with Gasteiger partial charge in [-0.2, -0.15) is 0 Å². The molecule has 1 aromatic rings. The predicted octanol–water partition coefficient (Wildman–Crippen LogP) is 0.00430. The summed E-state index contributed by atoms with van der Waals surface area (Å²) in [6.45, 7) is 0. The van der Waals surface area contributed by atoms with E-state index in [0.29, 0.717) is 4.88 Å². The third-order valence-corrected chi connectivity index (χ3v) is 2.19. The van der Waals surface area contributed by atoms with Gasteiger partial charge in [0.25, 0.3) is 5.91 Å². The molecule has 0 saturated carbocycles. The quantitative estimate of drug-likeness (QED) is 0.647. The van der Waals surface area contributed by atoms with E-state index in [2.05, 4.69) is 0 Å². The van der Waals surface area contributed by atoms with Crippen LogP contribution in [0.2, 0.25) is 0 Å². The summed E-state index contributed by atoms with van der Waals surface area (Å²) in [5.74, 6) is -0.573. The first kappa shape index (κ1) is 8.22. The molecule has 0 atom stereocenters. The highest BCUT2D eigenvalue weighted by Gasteiger charge is 2.04. The first-order valence-electron chi connectivity index (χ1n) is 2.69. The predicted molar refractivity (Wildman–Crippen MR) is 42.1 cm³/mol. The molecule has 0 aliphatic carbocycles. The largest absolute Gasteiger partial charge is 0.274 e. The summed E-state index contributed by atoms with van der Waals surface area (Å²) in [6, 6.07) is 3.23. The van der Waals surface area contributed by atoms with Gasteiger partial charge >= 0.3 is 0 Å². The summed E-state index contributed by atoms with van der Waals surface area (Å²) < 4.78 is 21.8. The zero-order valence-corrected chi connectivity index (χ0v) is 7.02. The second kappa shape index (κ2) is 3.49. The lowest BCUT2D eigenvalue weighted by molar-refractivity contribution is 0.0986. The number of carbonyl (C=O) groups is 1. The summed E-state index contributed by atoms with van der Waals surface area (Å²) in [6.07, 6.45) is 0. The highest BCUT2D eigenvalue weighted by molar-refractivity contribution is 7.71. The molecule has 0 radical (unpaired) electrons. The topological polar surface area (TPSA) is 63.2 Å². The molecule has 1 aromatic heterocycles. The minimum atomic E-state index is -2.84. The van der Waals surface area contributed by atoms with Gasteiger partial charge in [0, 0.05) is 0 Å². The van der Waals surface area contributed by atoms with Gasteiger partial charge in [0.15, 0.2) is 0 Å². The lowest BCUT2D eigenvalue weighted by Gasteiger charge is -1.90. The molecule has 1 N–H and O–H groups in total. The van der Waals surface area contributed by atoms with Gasteiger partial charge in [0.1, 0.15) is 0 Å². The van der Waals surface area contributed by atoms with Gasteiger partial charge < -0.3 is 0 Å². The van der Waals surface area contributed by atoms with Crippen molar-refractivity contribution < 1.29 is 13.2 Å². The van der Waals surface area contributed by atoms with Gasteiger partial charge in [-0.25, -0.2) is 8.42 Å². The number of carbonyl (C=O) groups excluding carboxylic acids is 1. The third kappa shape index (κ3) is 2.32. The second-order valence-corrected chi connectivity index (χ2v) is 3.36. The van der Waals surface area contributed by atoms with Crippen LogP contribution in [0.5, 0.6) is 0 Å². The first-order chi connectivity index (χ1) is 5.20. The fraction of sp³-hybridized carbons (Fsp3) is 0. The van der Waals surface area contributed by atoms with Crippen molar-refractivity contribution in [1.82, 2.24) is 4.72 Å². The SMILES string of the molecule is O=C(N[SH](=O)=O)c1cccs1. The van der Waals surface area contributed by atoms with E-state index in [1.807, 2.05) is 0 Å². The number of rotatable bonds is 2. The van der Waals surface area contributed by atoms with Crippen LogP contribution >= 0.6 is 11.3 Å². The average Bonchev–Trinajstić information content (AvgIpc) is 2.35. The fourth-order valence-corrected chi connectivity index (χ4v) is 1.53. The van der Waals surface area contributed by atoms with Crippen LogP contribution in [0.25, 0.3) is 0 Å². The van der Waals surface area contributed by atoms with E-state index in [0.717, 1.165) is 0 Å². The molecule has 0 saturated heterocycles. The molecule has 1 amide bonds. The molecule has 0 aliphatic rings. The highest BCUT2D eigenvalue weighted by atomic mass is 32.2. The Bertz CT molecular complexity index is 306. The molecule has 0 unspecified atom stereocenters. The van der Waals surface area contributed by atoms with Crippen molar-refractivity contribution in [1.29, 1.82) is 0 Å². The van der Waals surface area contributed by atoms with E-state index in [9.17, 15) is 13.2 Å². The number of nitrogens with one attached hydrogen (secondary N) is 1. The van der Waals surface area contributed by atoms with Crippen LogP contribution in [0.4, 0.5) is 0 Å². The molecular formula is C5H5NO3S2. The highest BCUT2D eigenvalue weighted by Crippen LogP contribution is 2.07. The van der Waals surface area contributed by atoms with Crippen LogP contribution in [0, 0.1) is 0 Å². The Hall–Kier alpha value is -0.880. The molecule has 1 heterocycles. The number of thiol groups is 1. The van der Waals surface area contributed by atoms with Crippen molar-refractivity contribution in [2.75, 3.05) is 0 Å². The van der Waals surface area contributed by atoms with Crippen LogP contribution in [0.3, 0.4) is 0 Å². The normalized spacial score (nSPS) is 9.91. The summed E-state index contributed by atoms with van der Waals surface area (Å²) >= 11 is 1.19. The zero-order chi connectivity index (χ0) is 8.27. The molecule has 1 rings (SSSR count). The van der Waals surface area contributed by atoms with Crippen molar-refractivity contribution in [3.63, 3.8) is 0 Å². The molecule has 6 heteroatoms. The minimum absolute atomic E-state index is 0.393. The molecule has 4 nitrogen and oxygen atoms in total. The Morgan fingerprint density at radius 2 is 2.27 bits per heavy atom. The number of amides is 1. The number of thiophene rings is 1. The van der Waals surface area contributed by atoms with Gasteiger partial charge in [-0.3, -0.25) is 9.52 Å². The maximum Gasteiger partial charge on any atom is 0.274 e. The molecule has 11 heavy (non-hydrogen) atoms. The van der Waals surface area contributed by atoms with E-state index in [4.69, 9.17) is 0 Å². The summed E-state index contributed by atoms with van der Waals surface area (Å²) in [5.41, 5.74) is 0. The minimum Gasteiger partial charge on any atom is -0.267 e. The Balaban J connectivity index is 2.71. The van der Waals surface area contributed by atoms with E-state index in [1.54, 1.807) is 22.2 Å². The van der Waals surface area contributed by atoms with Crippen molar-refractivity contribution in [3.8, 4) is 0 Å². The van der Waals surface area contributed by atoms with E-state index in [1.165, 1.54) is 11.3 Å². The molecule has 0 aliphatic heterocycles. The molecule has 0 aromatic carbocycles. The lowest BCUT2D eigenvalue weighted by Crippen LogP contribution is -2.19. The second-order valence-electron chi connectivity index (χ2n) is 1.68. The van der Waals surface area contributed by atoms with Crippen LogP contribution in [-0.2, 0) is 10.9 Å². The van der Waals surface area contributed by atoms with Gasteiger partial charge in [-0.05, 0) is 11.4 Å². The zero-order valence-electron chi connectivity index (χ0n) is 5.31. The summed E-state index contributed by atoms with van der Waals surface area (Å²) in [5, 5.41) is 1.70. The number of hydrogen-bond donors (Lipinski definition) is 2. The van der Waals surface area contributed by atoms with Crippen LogP contribution in [0.1, 0.15) is 9.67 Å². The van der Waals surface area contributed by atoms with Gasteiger partial charge in [-0.15, -0.1) is 11.3 Å². The van der Waals surface area contributed by atoms with Crippen LogP contribution in [0.15, 0.2) is 17.5 Å². The van der Waals surface area contributed by atoms with Crippen molar-refractivity contribution in [3.05, 3.63) is 22.4 Å². The van der Waals surface area contributed by atoms with Gasteiger partial charge in [0.2, 0.25) is 10.9 Å². The fourth-order valence-electron chi connectivity index (χ4n) is 0.546. The van der Waals surface area contributed by atoms with Crippen molar-refractivity contribution in [2.24, 2.45) is 0 Å². The Labute approximate surface area is 68.9 Å². The molecule has 0 spiro atoms. The molecule has 60 valence electrons. The Morgan fingerprint density at radius 3 is 2.73 bits per heavy atom. The standard InChI is InChI=1S/C5H5NO3S2/c7-5(6-11(8)9)4-2-1-3-10-4/h1-3,11H,(H,6,7,8,9). The van der Waals surface area contributed by atoms with Crippen molar-refractivity contribution in [2.45, 2.75) is 0 Å². The summed E-state index contributed by atoms with van der Waals surface area (Å²) in [4.78, 5) is 11.2. The van der Waals surface area contributed by atoms with Crippen LogP contribution < -0.4 is 4.72 Å². The van der Waals surface area contributed by atoms with E-state index >= 15 is 0 Å². The van der Waals surface area contributed by atoms with Crippen LogP contribution in [-0.4, -0.2) is 14.3 Å². The summed E-state index contributed by atoms with van der Waals surface area (Å²) in [7, 11) is -2.84. The third-order valence-electron chi connectivity index (χ3n) is 0.938. The van der Waals surface area contributed by atoms with E-state index < -0.39 is 16.8 Å². The smallest absolute Gasteiger partial charge is 0.267 e. The lowest BCUT2D eigenvalue weighted by atomic mass is 10.5. The van der Waals surface area contributed by atoms with Gasteiger partial charge in [0.05, 0.1) is 4.88 Å². The Morgan fingerprint density at radius 1 is 1.55 bits per heavy atom. The van der Waals surface area contributed by atoms with E-state index in [-0.39, 0.29) is 0 Å². The molecular weight excluding hydrogens is 186 g/mol. The Kier molecular flexibility index (Phi) is 2.61. The average molecular weight is 191 g/mol. The first-order valence-corrected chi connectivity index (χ1v) is 4.75. The van der Waals surface area contributed by atoms with Gasteiger partial charge in [-0.1, -0.05) is 6.07 Å². The number of hydrogen-bond acceptors (Lipinski definition) is 4. The van der Waals surface area contributed by atoms with Crippen molar-refractivity contribution >= 4 is 28.1 Å². The monoisotopic (exact) mass is 191 g/mol. The molecule has 0 fully saturated rings. The maximum absolute atomic E-state index is 10.8. The molecule has 0 bridgehead atoms.